The summed E-state index contributed by atoms with van der Waals surface area (Å²) < 4.78 is 5.27. The lowest BCUT2D eigenvalue weighted by atomic mass is 9.76. The van der Waals surface area contributed by atoms with E-state index in [1.54, 1.807) is 7.11 Å². The van der Waals surface area contributed by atoms with Crippen LogP contribution < -0.4 is 10.1 Å². The summed E-state index contributed by atoms with van der Waals surface area (Å²) in [6.45, 7) is 4.18. The van der Waals surface area contributed by atoms with Gasteiger partial charge in [0.25, 0.3) is 0 Å². The number of hydrogen-bond acceptors (Lipinski definition) is 4. The van der Waals surface area contributed by atoms with Gasteiger partial charge in [0.2, 0.25) is 0 Å². The molecule has 1 aromatic rings. The fourth-order valence-corrected chi connectivity index (χ4v) is 3.64. The predicted molar refractivity (Wildman–Crippen MR) is 98.7 cm³/mol. The number of methoxy groups -OCH3 is 1. The van der Waals surface area contributed by atoms with Crippen LogP contribution in [-0.2, 0) is 0 Å². The van der Waals surface area contributed by atoms with Crippen LogP contribution >= 0.6 is 36.4 Å². The van der Waals surface area contributed by atoms with E-state index < -0.39 is 0 Å². The molecule has 0 unspecified atom stereocenters. The first-order valence-corrected chi connectivity index (χ1v) is 8.09. The molecule has 1 saturated heterocycles. The monoisotopic (exact) mass is 382 g/mol. The smallest absolute Gasteiger partial charge is 0.176 e. The van der Waals surface area contributed by atoms with E-state index in [4.69, 9.17) is 16.3 Å². The minimum absolute atomic E-state index is 0. The van der Waals surface area contributed by atoms with Crippen molar-refractivity contribution in [3.8, 4) is 11.5 Å². The SMILES string of the molecule is COc1cc([C@@H](C2CCC2)N2CCNCC2)cc(Cl)c1O.Cl.Cl. The number of hydrogen-bond donors (Lipinski definition) is 2. The lowest BCUT2D eigenvalue weighted by Gasteiger charge is -2.43. The molecule has 0 radical (unpaired) electrons. The molecule has 1 saturated carbocycles. The van der Waals surface area contributed by atoms with E-state index in [1.807, 2.05) is 12.1 Å². The van der Waals surface area contributed by atoms with Gasteiger partial charge in [-0.3, -0.25) is 4.90 Å². The van der Waals surface area contributed by atoms with Gasteiger partial charge in [-0.25, -0.2) is 0 Å². The van der Waals surface area contributed by atoms with Gasteiger partial charge in [-0.15, -0.1) is 24.8 Å². The van der Waals surface area contributed by atoms with E-state index in [2.05, 4.69) is 10.2 Å². The Labute approximate surface area is 155 Å². The van der Waals surface area contributed by atoms with Crippen LogP contribution in [0, 0.1) is 5.92 Å². The third kappa shape index (κ3) is 4.37. The van der Waals surface area contributed by atoms with Gasteiger partial charge in [-0.1, -0.05) is 18.0 Å². The number of phenols is 1. The topological polar surface area (TPSA) is 44.7 Å². The molecule has 2 aliphatic rings. The summed E-state index contributed by atoms with van der Waals surface area (Å²) >= 11 is 6.19. The van der Waals surface area contributed by atoms with Crippen LogP contribution in [0.1, 0.15) is 30.9 Å². The molecular weight excluding hydrogens is 359 g/mol. The standard InChI is InChI=1S/C16H23ClN2O2.2ClH/c1-21-14-10-12(9-13(17)16(14)20)15(11-3-2-4-11)19-7-5-18-6-8-19;;/h9-11,15,18,20H,2-8H2,1H3;2*1H/t15-;;/m1../s1. The van der Waals surface area contributed by atoms with E-state index in [9.17, 15) is 5.11 Å². The molecule has 132 valence electrons. The van der Waals surface area contributed by atoms with Gasteiger partial charge in [-0.05, 0) is 36.5 Å². The molecule has 7 heteroatoms. The normalized spacial score (nSPS) is 19.9. The average molecular weight is 384 g/mol. The highest BCUT2D eigenvalue weighted by atomic mass is 35.5. The average Bonchev–Trinajstić information content (AvgIpc) is 2.46. The van der Waals surface area contributed by atoms with Crippen molar-refractivity contribution in [3.05, 3.63) is 22.7 Å². The van der Waals surface area contributed by atoms with Crippen LogP contribution in [0.2, 0.25) is 5.02 Å². The maximum Gasteiger partial charge on any atom is 0.176 e. The second-order valence-electron chi connectivity index (χ2n) is 5.98. The van der Waals surface area contributed by atoms with Gasteiger partial charge >= 0.3 is 0 Å². The maximum atomic E-state index is 9.94. The molecular formula is C16H25Cl3N2O2. The minimum Gasteiger partial charge on any atom is -0.503 e. The van der Waals surface area contributed by atoms with Gasteiger partial charge in [0.15, 0.2) is 11.5 Å². The number of nitrogens with zero attached hydrogens (tertiary/aromatic N) is 1. The Balaban J connectivity index is 0.00000132. The molecule has 3 rings (SSSR count). The molecule has 1 aliphatic heterocycles. The molecule has 1 heterocycles. The number of aromatic hydroxyl groups is 1. The lowest BCUT2D eigenvalue weighted by molar-refractivity contribution is 0.0835. The van der Waals surface area contributed by atoms with E-state index in [-0.39, 0.29) is 30.6 Å². The Morgan fingerprint density at radius 2 is 1.91 bits per heavy atom. The first kappa shape index (κ1) is 20.7. The maximum absolute atomic E-state index is 9.94. The number of benzene rings is 1. The number of phenolic OH excluding ortho intramolecular Hbond substituents is 1. The molecule has 2 N–H and O–H groups in total. The van der Waals surface area contributed by atoms with Crippen molar-refractivity contribution >= 4 is 36.4 Å². The number of ether oxygens (including phenoxy) is 1. The van der Waals surface area contributed by atoms with Crippen molar-refractivity contribution in [1.82, 2.24) is 10.2 Å². The van der Waals surface area contributed by atoms with Crippen LogP contribution in [0.15, 0.2) is 12.1 Å². The van der Waals surface area contributed by atoms with Gasteiger partial charge in [0, 0.05) is 32.2 Å². The van der Waals surface area contributed by atoms with Crippen molar-refractivity contribution in [2.75, 3.05) is 33.3 Å². The highest BCUT2D eigenvalue weighted by Gasteiger charge is 2.34. The Morgan fingerprint density at radius 3 is 2.43 bits per heavy atom. The highest BCUT2D eigenvalue weighted by molar-refractivity contribution is 6.32. The Morgan fingerprint density at radius 1 is 1.26 bits per heavy atom. The third-order valence-corrected chi connectivity index (χ3v) is 5.04. The highest BCUT2D eigenvalue weighted by Crippen LogP contribution is 2.45. The molecule has 0 bridgehead atoms. The summed E-state index contributed by atoms with van der Waals surface area (Å²) in [6.07, 6.45) is 3.86. The number of halogens is 3. The van der Waals surface area contributed by atoms with E-state index in [0.717, 1.165) is 26.2 Å². The zero-order valence-corrected chi connectivity index (χ0v) is 15.6. The second-order valence-corrected chi connectivity index (χ2v) is 6.38. The number of piperazine rings is 1. The van der Waals surface area contributed by atoms with Gasteiger partial charge in [-0.2, -0.15) is 0 Å². The molecule has 1 atom stereocenters. The second kappa shape index (κ2) is 9.19. The first-order valence-electron chi connectivity index (χ1n) is 7.72. The lowest BCUT2D eigenvalue weighted by Crippen LogP contribution is -2.47. The molecule has 1 aromatic carbocycles. The summed E-state index contributed by atoms with van der Waals surface area (Å²) in [5.41, 5.74) is 1.17. The van der Waals surface area contributed by atoms with Crippen molar-refractivity contribution in [2.45, 2.75) is 25.3 Å². The number of rotatable bonds is 4. The Kier molecular flexibility index (Phi) is 8.25. The van der Waals surface area contributed by atoms with Gasteiger partial charge in [0.1, 0.15) is 0 Å². The van der Waals surface area contributed by atoms with Crippen LogP contribution in [0.5, 0.6) is 11.5 Å². The van der Waals surface area contributed by atoms with E-state index in [1.165, 1.54) is 24.8 Å². The quantitative estimate of drug-likeness (QED) is 0.833. The summed E-state index contributed by atoms with van der Waals surface area (Å²) in [5.74, 6) is 1.20. The molecule has 1 aliphatic carbocycles. The largest absolute Gasteiger partial charge is 0.503 e. The molecule has 2 fully saturated rings. The molecule has 23 heavy (non-hydrogen) atoms. The van der Waals surface area contributed by atoms with Gasteiger partial charge < -0.3 is 15.2 Å². The fourth-order valence-electron chi connectivity index (χ4n) is 3.42. The minimum atomic E-state index is 0. The van der Waals surface area contributed by atoms with Crippen molar-refractivity contribution in [1.29, 1.82) is 0 Å². The van der Waals surface area contributed by atoms with Gasteiger partial charge in [0.05, 0.1) is 12.1 Å². The summed E-state index contributed by atoms with van der Waals surface area (Å²) in [7, 11) is 1.57. The Hall–Kier alpha value is -0.390. The third-order valence-electron chi connectivity index (χ3n) is 4.75. The summed E-state index contributed by atoms with van der Waals surface area (Å²) in [5, 5.41) is 13.7. The zero-order valence-electron chi connectivity index (χ0n) is 13.3. The van der Waals surface area contributed by atoms with Crippen LogP contribution in [0.4, 0.5) is 0 Å². The molecule has 4 nitrogen and oxygen atoms in total. The summed E-state index contributed by atoms with van der Waals surface area (Å²) in [4.78, 5) is 2.54. The zero-order chi connectivity index (χ0) is 14.8. The molecule has 0 amide bonds. The Bertz CT molecular complexity index is 506. The first-order chi connectivity index (χ1) is 10.2. The summed E-state index contributed by atoms with van der Waals surface area (Å²) in [6, 6.07) is 4.24. The van der Waals surface area contributed by atoms with Crippen molar-refractivity contribution < 1.29 is 9.84 Å². The molecule has 0 aromatic heterocycles. The van der Waals surface area contributed by atoms with Crippen LogP contribution in [-0.4, -0.2) is 43.3 Å². The van der Waals surface area contributed by atoms with E-state index in [0.29, 0.717) is 22.7 Å². The predicted octanol–water partition coefficient (Wildman–Crippen LogP) is 3.64. The number of nitrogens with one attached hydrogen (secondary N) is 1. The van der Waals surface area contributed by atoms with Crippen LogP contribution in [0.3, 0.4) is 0 Å². The van der Waals surface area contributed by atoms with E-state index >= 15 is 0 Å². The molecule has 0 spiro atoms. The van der Waals surface area contributed by atoms with Crippen LogP contribution in [0.25, 0.3) is 0 Å². The van der Waals surface area contributed by atoms with Crippen molar-refractivity contribution in [3.63, 3.8) is 0 Å². The fraction of sp³-hybridized carbons (Fsp3) is 0.625. The van der Waals surface area contributed by atoms with Crippen molar-refractivity contribution in [2.24, 2.45) is 5.92 Å².